The fourth-order valence-corrected chi connectivity index (χ4v) is 3.90. The van der Waals surface area contributed by atoms with Gasteiger partial charge in [-0.3, -0.25) is 9.10 Å². The van der Waals surface area contributed by atoms with E-state index in [4.69, 9.17) is 16.1 Å². The van der Waals surface area contributed by atoms with Crippen molar-refractivity contribution in [3.8, 4) is 11.4 Å². The Bertz CT molecular complexity index is 1150. The number of anilines is 1. The quantitative estimate of drug-likeness (QED) is 0.518. The van der Waals surface area contributed by atoms with Crippen molar-refractivity contribution in [1.82, 2.24) is 15.5 Å². The summed E-state index contributed by atoms with van der Waals surface area (Å²) in [4.78, 5) is 16.3. The molecule has 1 heterocycles. The number of hydrogen-bond donors (Lipinski definition) is 1. The average Bonchev–Trinajstić information content (AvgIpc) is 3.19. The van der Waals surface area contributed by atoms with Gasteiger partial charge < -0.3 is 9.84 Å². The molecule has 0 aliphatic carbocycles. The zero-order chi connectivity index (χ0) is 22.4. The van der Waals surface area contributed by atoms with Crippen LogP contribution >= 0.6 is 11.6 Å². The molecule has 0 saturated carbocycles. The molecule has 0 fully saturated rings. The van der Waals surface area contributed by atoms with E-state index >= 15 is 0 Å². The third-order valence-electron chi connectivity index (χ3n) is 4.29. The molecule has 8 nitrogen and oxygen atoms in total. The van der Waals surface area contributed by atoms with E-state index in [1.165, 1.54) is 18.2 Å². The number of nitrogens with zero attached hydrogens (tertiary/aromatic N) is 3. The fraction of sp³-hybridized carbons (Fsp3) is 0.250. The van der Waals surface area contributed by atoms with Crippen LogP contribution in [0.2, 0.25) is 5.02 Å². The van der Waals surface area contributed by atoms with Gasteiger partial charge in [0, 0.05) is 23.6 Å². The first-order valence-corrected chi connectivity index (χ1v) is 11.5. The van der Waals surface area contributed by atoms with Crippen LogP contribution < -0.4 is 9.62 Å². The maximum absolute atomic E-state index is 14.0. The summed E-state index contributed by atoms with van der Waals surface area (Å²) >= 11 is 5.85. The lowest BCUT2D eigenvalue weighted by Gasteiger charge is -2.22. The van der Waals surface area contributed by atoms with E-state index in [2.05, 4.69) is 15.5 Å². The van der Waals surface area contributed by atoms with Crippen LogP contribution in [-0.4, -0.2) is 37.3 Å². The SMILES string of the molecule is CS(=O)(=O)N(CCCC(=O)NCc1nc(-c2ccc(Cl)cc2)no1)c1ccccc1F. The van der Waals surface area contributed by atoms with Crippen molar-refractivity contribution < 1.29 is 22.1 Å². The van der Waals surface area contributed by atoms with E-state index in [0.29, 0.717) is 10.8 Å². The first kappa shape index (κ1) is 22.7. The van der Waals surface area contributed by atoms with E-state index in [9.17, 15) is 17.6 Å². The Hall–Kier alpha value is -2.98. The van der Waals surface area contributed by atoms with Crippen LogP contribution in [0.1, 0.15) is 18.7 Å². The van der Waals surface area contributed by atoms with E-state index < -0.39 is 15.8 Å². The van der Waals surface area contributed by atoms with Gasteiger partial charge in [0.1, 0.15) is 5.82 Å². The highest BCUT2D eigenvalue weighted by Crippen LogP contribution is 2.22. The molecule has 3 aromatic rings. The summed E-state index contributed by atoms with van der Waals surface area (Å²) in [5.41, 5.74) is 0.672. The number of carbonyl (C=O) groups excluding carboxylic acids is 1. The lowest BCUT2D eigenvalue weighted by molar-refractivity contribution is -0.121. The smallest absolute Gasteiger partial charge is 0.246 e. The Morgan fingerprint density at radius 1 is 1.19 bits per heavy atom. The van der Waals surface area contributed by atoms with Crippen molar-refractivity contribution in [2.24, 2.45) is 0 Å². The van der Waals surface area contributed by atoms with Crippen molar-refractivity contribution in [1.29, 1.82) is 0 Å². The van der Waals surface area contributed by atoms with Gasteiger partial charge in [-0.05, 0) is 42.8 Å². The topological polar surface area (TPSA) is 105 Å². The monoisotopic (exact) mass is 466 g/mol. The van der Waals surface area contributed by atoms with Crippen LogP contribution in [0, 0.1) is 5.82 Å². The van der Waals surface area contributed by atoms with Gasteiger partial charge in [-0.15, -0.1) is 0 Å². The molecule has 3 rings (SSSR count). The minimum atomic E-state index is -3.70. The zero-order valence-corrected chi connectivity index (χ0v) is 18.2. The second-order valence-electron chi connectivity index (χ2n) is 6.69. The molecule has 0 spiro atoms. The number of carbonyl (C=O) groups is 1. The van der Waals surface area contributed by atoms with Gasteiger partial charge in [0.15, 0.2) is 0 Å². The summed E-state index contributed by atoms with van der Waals surface area (Å²) in [6, 6.07) is 12.5. The van der Waals surface area contributed by atoms with Crippen LogP contribution in [0.15, 0.2) is 53.1 Å². The number of benzene rings is 2. The summed E-state index contributed by atoms with van der Waals surface area (Å²) < 4.78 is 44.1. The predicted molar refractivity (Wildman–Crippen MR) is 114 cm³/mol. The van der Waals surface area contributed by atoms with Gasteiger partial charge in [0.05, 0.1) is 18.5 Å². The van der Waals surface area contributed by atoms with Crippen LogP contribution in [0.5, 0.6) is 0 Å². The molecule has 2 aromatic carbocycles. The molecule has 0 atom stereocenters. The summed E-state index contributed by atoms with van der Waals surface area (Å²) in [7, 11) is -3.70. The van der Waals surface area contributed by atoms with Crippen molar-refractivity contribution in [2.75, 3.05) is 17.1 Å². The lowest BCUT2D eigenvalue weighted by atomic mass is 10.2. The van der Waals surface area contributed by atoms with Crippen LogP contribution in [0.25, 0.3) is 11.4 Å². The van der Waals surface area contributed by atoms with E-state index in [1.54, 1.807) is 30.3 Å². The molecule has 0 saturated heterocycles. The van der Waals surface area contributed by atoms with Crippen LogP contribution in [0.4, 0.5) is 10.1 Å². The summed E-state index contributed by atoms with van der Waals surface area (Å²) in [5.74, 6) is -0.379. The Morgan fingerprint density at radius 3 is 2.58 bits per heavy atom. The van der Waals surface area contributed by atoms with Gasteiger partial charge >= 0.3 is 0 Å². The van der Waals surface area contributed by atoms with Gasteiger partial charge in [-0.1, -0.05) is 28.9 Å². The second kappa shape index (κ2) is 9.88. The van der Waals surface area contributed by atoms with Gasteiger partial charge in [-0.25, -0.2) is 12.8 Å². The number of amides is 1. The number of aromatic nitrogens is 2. The van der Waals surface area contributed by atoms with Crippen LogP contribution in [-0.2, 0) is 21.4 Å². The van der Waals surface area contributed by atoms with Gasteiger partial charge in [0.25, 0.3) is 0 Å². The largest absolute Gasteiger partial charge is 0.347 e. The Labute approximate surface area is 184 Å². The summed E-state index contributed by atoms with van der Waals surface area (Å²) in [6.07, 6.45) is 1.24. The molecule has 0 unspecified atom stereocenters. The highest BCUT2D eigenvalue weighted by atomic mass is 35.5. The molecule has 164 valence electrons. The maximum atomic E-state index is 14.0. The van der Waals surface area contributed by atoms with E-state index in [-0.39, 0.29) is 43.4 Å². The Kier molecular flexibility index (Phi) is 7.24. The Balaban J connectivity index is 1.51. The zero-order valence-electron chi connectivity index (χ0n) is 16.6. The van der Waals surface area contributed by atoms with Gasteiger partial charge in [-0.2, -0.15) is 4.98 Å². The molecule has 11 heteroatoms. The average molecular weight is 467 g/mol. The molecular weight excluding hydrogens is 447 g/mol. The summed E-state index contributed by atoms with van der Waals surface area (Å²) in [6.45, 7) is -0.00299. The van der Waals surface area contributed by atoms with Gasteiger partial charge in [0.2, 0.25) is 27.6 Å². The van der Waals surface area contributed by atoms with Crippen molar-refractivity contribution >= 4 is 33.2 Å². The minimum Gasteiger partial charge on any atom is -0.347 e. The number of nitrogens with one attached hydrogen (secondary N) is 1. The third-order valence-corrected chi connectivity index (χ3v) is 5.73. The number of sulfonamides is 1. The minimum absolute atomic E-state index is 0.0303. The predicted octanol–water partition coefficient (Wildman–Crippen LogP) is 3.39. The molecule has 1 N–H and O–H groups in total. The normalized spacial score (nSPS) is 11.3. The maximum Gasteiger partial charge on any atom is 0.246 e. The van der Waals surface area contributed by atoms with Crippen molar-refractivity contribution in [3.05, 3.63) is 65.3 Å². The molecule has 0 bridgehead atoms. The first-order chi connectivity index (χ1) is 14.7. The molecule has 0 aliphatic heterocycles. The molecule has 1 aromatic heterocycles. The first-order valence-electron chi connectivity index (χ1n) is 9.31. The third kappa shape index (κ3) is 6.25. The molecule has 1 amide bonds. The second-order valence-corrected chi connectivity index (χ2v) is 9.03. The standard InChI is InChI=1S/C20H20ClFN4O4S/c1-31(28,29)26(17-6-3-2-5-16(17)22)12-4-7-18(27)23-13-19-24-20(25-30-19)14-8-10-15(21)11-9-14/h2-3,5-6,8-11H,4,7,12-13H2,1H3,(H,23,27). The number of rotatable bonds is 9. The summed E-state index contributed by atoms with van der Waals surface area (Å²) in [5, 5.41) is 7.08. The Morgan fingerprint density at radius 2 is 1.90 bits per heavy atom. The molecule has 31 heavy (non-hydrogen) atoms. The highest BCUT2D eigenvalue weighted by Gasteiger charge is 2.20. The number of hydrogen-bond acceptors (Lipinski definition) is 6. The number of para-hydroxylation sites is 1. The van der Waals surface area contributed by atoms with E-state index in [0.717, 1.165) is 16.1 Å². The molecule has 0 aliphatic rings. The lowest BCUT2D eigenvalue weighted by Crippen LogP contribution is -2.32. The highest BCUT2D eigenvalue weighted by molar-refractivity contribution is 7.92. The molecule has 0 radical (unpaired) electrons. The fourth-order valence-electron chi connectivity index (χ4n) is 2.81. The van der Waals surface area contributed by atoms with E-state index in [1.807, 2.05) is 0 Å². The van der Waals surface area contributed by atoms with Crippen LogP contribution in [0.3, 0.4) is 0 Å². The molecular formula is C20H20ClFN4O4S. The van der Waals surface area contributed by atoms with Crippen molar-refractivity contribution in [2.45, 2.75) is 19.4 Å². The number of halogens is 2. The van der Waals surface area contributed by atoms with Crippen molar-refractivity contribution in [3.63, 3.8) is 0 Å².